The average Bonchev–Trinajstić information content (AvgIpc) is 2.54. The number of ether oxygens (including phenoxy) is 1. The lowest BCUT2D eigenvalue weighted by atomic mass is 9.96. The summed E-state index contributed by atoms with van der Waals surface area (Å²) in [6, 6.07) is 4.75. The third-order valence-corrected chi connectivity index (χ3v) is 4.54. The number of carbonyl (C=O) groups excluding carboxylic acids is 1. The van der Waals surface area contributed by atoms with E-state index in [0.717, 1.165) is 38.8 Å². The van der Waals surface area contributed by atoms with Crippen LogP contribution in [-0.2, 0) is 11.2 Å². The predicted octanol–water partition coefficient (Wildman–Crippen LogP) is 3.78. The minimum Gasteiger partial charge on any atom is -0.444 e. The van der Waals surface area contributed by atoms with Crippen molar-refractivity contribution >= 4 is 6.09 Å². The van der Waals surface area contributed by atoms with Crippen molar-refractivity contribution in [2.45, 2.75) is 77.5 Å². The maximum absolute atomic E-state index is 12.5. The molecule has 0 aromatic carbocycles. The number of aromatic nitrogens is 1. The van der Waals surface area contributed by atoms with E-state index in [-0.39, 0.29) is 12.1 Å². The number of amides is 1. The number of hydrogen-bond acceptors (Lipinski definition) is 4. The second-order valence-corrected chi connectivity index (χ2v) is 8.02. The highest BCUT2D eigenvalue weighted by Crippen LogP contribution is 2.23. The Hall–Kier alpha value is -1.62. The molecule has 2 unspecified atom stereocenters. The van der Waals surface area contributed by atoms with Gasteiger partial charge in [-0.25, -0.2) is 4.79 Å². The Kier molecular flexibility index (Phi) is 7.24. The molecule has 1 aliphatic heterocycles. The molecule has 2 heterocycles. The van der Waals surface area contributed by atoms with E-state index in [1.165, 1.54) is 12.0 Å². The van der Waals surface area contributed by atoms with Crippen molar-refractivity contribution in [3.63, 3.8) is 0 Å². The van der Waals surface area contributed by atoms with Crippen molar-refractivity contribution in [3.05, 3.63) is 30.1 Å². The van der Waals surface area contributed by atoms with Crippen molar-refractivity contribution in [3.8, 4) is 0 Å². The summed E-state index contributed by atoms with van der Waals surface area (Å²) in [5.41, 5.74) is 0.857. The van der Waals surface area contributed by atoms with Crippen molar-refractivity contribution in [2.24, 2.45) is 0 Å². The molecule has 2 atom stereocenters. The Morgan fingerprint density at radius 2 is 2.08 bits per heavy atom. The molecule has 5 nitrogen and oxygen atoms in total. The van der Waals surface area contributed by atoms with E-state index in [2.05, 4.69) is 29.4 Å². The standard InChI is InChI=1S/C20H33N3O2/c1-16(22-13-10-17-8-11-21-12-9-17)15-18-7-5-6-14-23(18)19(24)25-20(2,3)4/h8-9,11-12,16,18,22H,5-7,10,13-15H2,1-4H3. The SMILES string of the molecule is CC(CC1CCCCN1C(=O)OC(C)(C)C)NCCc1ccncc1. The summed E-state index contributed by atoms with van der Waals surface area (Å²) in [5.74, 6) is 0. The topological polar surface area (TPSA) is 54.5 Å². The zero-order valence-corrected chi connectivity index (χ0v) is 16.1. The Morgan fingerprint density at radius 3 is 2.76 bits per heavy atom. The molecule has 0 radical (unpaired) electrons. The van der Waals surface area contributed by atoms with E-state index in [0.29, 0.717) is 6.04 Å². The zero-order valence-electron chi connectivity index (χ0n) is 16.1. The number of piperidine rings is 1. The molecule has 140 valence electrons. The lowest BCUT2D eigenvalue weighted by Gasteiger charge is -2.38. The van der Waals surface area contributed by atoms with Gasteiger partial charge in [0.05, 0.1) is 0 Å². The fourth-order valence-corrected chi connectivity index (χ4v) is 3.31. The van der Waals surface area contributed by atoms with Crippen LogP contribution in [0, 0.1) is 0 Å². The van der Waals surface area contributed by atoms with Gasteiger partial charge in [-0.05, 0) is 84.0 Å². The molecule has 1 N–H and O–H groups in total. The highest BCUT2D eigenvalue weighted by atomic mass is 16.6. The molecule has 0 saturated carbocycles. The summed E-state index contributed by atoms with van der Waals surface area (Å²) in [6.45, 7) is 9.72. The van der Waals surface area contributed by atoms with Crippen LogP contribution in [0.3, 0.4) is 0 Å². The summed E-state index contributed by atoms with van der Waals surface area (Å²) in [7, 11) is 0. The molecule has 25 heavy (non-hydrogen) atoms. The second kappa shape index (κ2) is 9.18. The van der Waals surface area contributed by atoms with Gasteiger partial charge in [-0.3, -0.25) is 4.98 Å². The zero-order chi connectivity index (χ0) is 18.3. The van der Waals surface area contributed by atoms with Crippen molar-refractivity contribution in [1.82, 2.24) is 15.2 Å². The normalized spacial score (nSPS) is 19.5. The summed E-state index contributed by atoms with van der Waals surface area (Å²) in [4.78, 5) is 18.5. The van der Waals surface area contributed by atoms with Crippen molar-refractivity contribution in [2.75, 3.05) is 13.1 Å². The monoisotopic (exact) mass is 347 g/mol. The molecule has 0 spiro atoms. The van der Waals surface area contributed by atoms with E-state index >= 15 is 0 Å². The number of hydrogen-bond donors (Lipinski definition) is 1. The van der Waals surface area contributed by atoms with E-state index < -0.39 is 5.60 Å². The molecule has 1 aromatic rings. The summed E-state index contributed by atoms with van der Waals surface area (Å²) in [5, 5.41) is 3.59. The fraction of sp³-hybridized carbons (Fsp3) is 0.700. The number of nitrogens with one attached hydrogen (secondary N) is 1. The van der Waals surface area contributed by atoms with Crippen molar-refractivity contribution < 1.29 is 9.53 Å². The molecule has 1 aliphatic rings. The summed E-state index contributed by atoms with van der Waals surface area (Å²) in [6.07, 6.45) is 8.78. The van der Waals surface area contributed by atoms with Crippen LogP contribution >= 0.6 is 0 Å². The van der Waals surface area contributed by atoms with Crippen LogP contribution in [0.5, 0.6) is 0 Å². The van der Waals surface area contributed by atoms with E-state index in [4.69, 9.17) is 4.74 Å². The highest BCUT2D eigenvalue weighted by Gasteiger charge is 2.31. The van der Waals surface area contributed by atoms with Crippen LogP contribution < -0.4 is 5.32 Å². The summed E-state index contributed by atoms with van der Waals surface area (Å²) < 4.78 is 5.59. The van der Waals surface area contributed by atoms with Crippen LogP contribution in [0.15, 0.2) is 24.5 Å². The molecular formula is C20H33N3O2. The van der Waals surface area contributed by atoms with Gasteiger partial charge in [0.2, 0.25) is 0 Å². The first-order chi connectivity index (χ1) is 11.8. The second-order valence-electron chi connectivity index (χ2n) is 8.02. The molecule has 0 aliphatic carbocycles. The Balaban J connectivity index is 1.80. The number of rotatable bonds is 6. The van der Waals surface area contributed by atoms with Gasteiger partial charge in [0, 0.05) is 31.0 Å². The Bertz CT molecular complexity index is 527. The lowest BCUT2D eigenvalue weighted by molar-refractivity contribution is 0.00792. The maximum atomic E-state index is 12.5. The van der Waals surface area contributed by atoms with E-state index in [1.54, 1.807) is 0 Å². The van der Waals surface area contributed by atoms with E-state index in [1.807, 2.05) is 38.1 Å². The van der Waals surface area contributed by atoms with Gasteiger partial charge in [0.15, 0.2) is 0 Å². The van der Waals surface area contributed by atoms with Crippen LogP contribution in [0.25, 0.3) is 0 Å². The fourth-order valence-electron chi connectivity index (χ4n) is 3.31. The Morgan fingerprint density at radius 1 is 1.36 bits per heavy atom. The highest BCUT2D eigenvalue weighted by molar-refractivity contribution is 5.68. The minimum absolute atomic E-state index is 0.166. The van der Waals surface area contributed by atoms with Crippen LogP contribution in [0.1, 0.15) is 58.9 Å². The lowest BCUT2D eigenvalue weighted by Crippen LogP contribution is -2.48. The molecule has 2 rings (SSSR count). The third-order valence-electron chi connectivity index (χ3n) is 4.54. The first-order valence-corrected chi connectivity index (χ1v) is 9.47. The number of pyridine rings is 1. The quantitative estimate of drug-likeness (QED) is 0.851. The Labute approximate surface area is 152 Å². The van der Waals surface area contributed by atoms with Crippen LogP contribution in [0.2, 0.25) is 0 Å². The molecule has 1 aromatic heterocycles. The largest absolute Gasteiger partial charge is 0.444 e. The van der Waals surface area contributed by atoms with Gasteiger partial charge in [-0.1, -0.05) is 0 Å². The maximum Gasteiger partial charge on any atom is 0.410 e. The number of carbonyl (C=O) groups is 1. The predicted molar refractivity (Wildman–Crippen MR) is 101 cm³/mol. The van der Waals surface area contributed by atoms with Gasteiger partial charge >= 0.3 is 6.09 Å². The number of likely N-dealkylation sites (tertiary alicyclic amines) is 1. The van der Waals surface area contributed by atoms with Gasteiger partial charge in [-0.15, -0.1) is 0 Å². The third kappa shape index (κ3) is 7.02. The molecule has 0 bridgehead atoms. The van der Waals surface area contributed by atoms with Gasteiger partial charge < -0.3 is 15.0 Å². The molecule has 1 saturated heterocycles. The summed E-state index contributed by atoms with van der Waals surface area (Å²) >= 11 is 0. The first-order valence-electron chi connectivity index (χ1n) is 9.47. The molecule has 1 fully saturated rings. The van der Waals surface area contributed by atoms with Crippen LogP contribution in [0.4, 0.5) is 4.79 Å². The van der Waals surface area contributed by atoms with Gasteiger partial charge in [0.1, 0.15) is 5.60 Å². The molecule has 5 heteroatoms. The van der Waals surface area contributed by atoms with Crippen molar-refractivity contribution in [1.29, 1.82) is 0 Å². The average molecular weight is 348 g/mol. The molecular weight excluding hydrogens is 314 g/mol. The smallest absolute Gasteiger partial charge is 0.410 e. The first kappa shape index (κ1) is 19.7. The number of nitrogens with zero attached hydrogens (tertiary/aromatic N) is 2. The minimum atomic E-state index is -0.437. The van der Waals surface area contributed by atoms with Gasteiger partial charge in [0.25, 0.3) is 0 Å². The van der Waals surface area contributed by atoms with Crippen LogP contribution in [-0.4, -0.2) is 46.8 Å². The van der Waals surface area contributed by atoms with Gasteiger partial charge in [-0.2, -0.15) is 0 Å². The van der Waals surface area contributed by atoms with E-state index in [9.17, 15) is 4.79 Å². The molecule has 1 amide bonds.